The summed E-state index contributed by atoms with van der Waals surface area (Å²) in [6, 6.07) is 1.31. The summed E-state index contributed by atoms with van der Waals surface area (Å²) < 4.78 is 0. The maximum Gasteiger partial charge on any atom is 0.0434 e. The van der Waals surface area contributed by atoms with Gasteiger partial charge in [0.15, 0.2) is 0 Å². The van der Waals surface area contributed by atoms with Gasteiger partial charge in [0, 0.05) is 18.7 Å². The Morgan fingerprint density at radius 2 is 2.24 bits per heavy atom. The Morgan fingerprint density at radius 1 is 1.41 bits per heavy atom. The predicted molar refractivity (Wildman–Crippen MR) is 73.2 cm³/mol. The fourth-order valence-corrected chi connectivity index (χ4v) is 2.78. The van der Waals surface area contributed by atoms with Crippen molar-refractivity contribution in [2.24, 2.45) is 5.92 Å². The number of aliphatic hydroxyl groups is 1. The van der Waals surface area contributed by atoms with Gasteiger partial charge in [0.05, 0.1) is 0 Å². The van der Waals surface area contributed by atoms with Crippen LogP contribution >= 0.6 is 0 Å². The molecule has 3 nitrogen and oxygen atoms in total. The van der Waals surface area contributed by atoms with Crippen LogP contribution in [0.1, 0.15) is 52.4 Å². The number of aliphatic hydroxyl groups excluding tert-OH is 1. The van der Waals surface area contributed by atoms with Gasteiger partial charge in [-0.05, 0) is 58.0 Å². The molecule has 0 amide bonds. The van der Waals surface area contributed by atoms with Crippen molar-refractivity contribution in [3.05, 3.63) is 0 Å². The lowest BCUT2D eigenvalue weighted by molar-refractivity contribution is 0.244. The zero-order chi connectivity index (χ0) is 12.5. The second-order valence-corrected chi connectivity index (χ2v) is 5.51. The Hall–Kier alpha value is -0.120. The molecule has 1 heterocycles. The van der Waals surface area contributed by atoms with Gasteiger partial charge in [-0.15, -0.1) is 0 Å². The summed E-state index contributed by atoms with van der Waals surface area (Å²) in [6.07, 6.45) is 7.28. The van der Waals surface area contributed by atoms with Crippen molar-refractivity contribution >= 4 is 0 Å². The average molecular weight is 242 g/mol. The van der Waals surface area contributed by atoms with E-state index >= 15 is 0 Å². The third-order valence-corrected chi connectivity index (χ3v) is 3.79. The summed E-state index contributed by atoms with van der Waals surface area (Å²) in [5.41, 5.74) is 0. The van der Waals surface area contributed by atoms with Crippen LogP contribution in [-0.4, -0.2) is 36.9 Å². The maximum absolute atomic E-state index is 9.02. The highest BCUT2D eigenvalue weighted by Gasteiger charge is 2.17. The van der Waals surface area contributed by atoms with E-state index in [4.69, 9.17) is 5.11 Å². The SMILES string of the molecule is CCCC(CCO)CNC(C)CC1CCCN1. The minimum atomic E-state index is 0.324. The molecule has 3 N–H and O–H groups in total. The average Bonchev–Trinajstić information content (AvgIpc) is 2.79. The van der Waals surface area contributed by atoms with Crippen LogP contribution in [0.3, 0.4) is 0 Å². The lowest BCUT2D eigenvalue weighted by Crippen LogP contribution is -2.36. The molecule has 102 valence electrons. The molecular formula is C14H30N2O. The van der Waals surface area contributed by atoms with E-state index in [-0.39, 0.29) is 0 Å². The summed E-state index contributed by atoms with van der Waals surface area (Å²) in [4.78, 5) is 0. The van der Waals surface area contributed by atoms with Crippen LogP contribution in [0.25, 0.3) is 0 Å². The fourth-order valence-electron chi connectivity index (χ4n) is 2.78. The van der Waals surface area contributed by atoms with Crippen molar-refractivity contribution < 1.29 is 5.11 Å². The van der Waals surface area contributed by atoms with Crippen LogP contribution in [-0.2, 0) is 0 Å². The summed E-state index contributed by atoms with van der Waals surface area (Å²) in [7, 11) is 0. The van der Waals surface area contributed by atoms with Gasteiger partial charge in [0.1, 0.15) is 0 Å². The molecule has 0 bridgehead atoms. The van der Waals surface area contributed by atoms with E-state index in [1.165, 1.54) is 38.6 Å². The molecule has 1 fully saturated rings. The second-order valence-electron chi connectivity index (χ2n) is 5.51. The van der Waals surface area contributed by atoms with E-state index in [9.17, 15) is 0 Å². The van der Waals surface area contributed by atoms with Crippen molar-refractivity contribution in [2.75, 3.05) is 19.7 Å². The van der Waals surface area contributed by atoms with E-state index in [0.29, 0.717) is 18.6 Å². The Morgan fingerprint density at radius 3 is 2.82 bits per heavy atom. The van der Waals surface area contributed by atoms with Crippen LogP contribution in [0, 0.1) is 5.92 Å². The van der Waals surface area contributed by atoms with Crippen molar-refractivity contribution in [2.45, 2.75) is 64.5 Å². The quantitative estimate of drug-likeness (QED) is 0.579. The van der Waals surface area contributed by atoms with Gasteiger partial charge in [-0.3, -0.25) is 0 Å². The fraction of sp³-hybridized carbons (Fsp3) is 1.00. The molecule has 3 atom stereocenters. The molecule has 0 spiro atoms. The van der Waals surface area contributed by atoms with E-state index in [2.05, 4.69) is 24.5 Å². The third-order valence-electron chi connectivity index (χ3n) is 3.79. The van der Waals surface area contributed by atoms with Crippen LogP contribution in [0.4, 0.5) is 0 Å². The van der Waals surface area contributed by atoms with Crippen molar-refractivity contribution in [1.82, 2.24) is 10.6 Å². The molecule has 1 aliphatic heterocycles. The molecule has 1 rings (SSSR count). The standard InChI is InChI=1S/C14H30N2O/c1-3-5-13(7-9-17)11-16-12(2)10-14-6-4-8-15-14/h12-17H,3-11H2,1-2H3. The number of rotatable bonds is 9. The summed E-state index contributed by atoms with van der Waals surface area (Å²) in [5.74, 6) is 0.643. The number of hydrogen-bond donors (Lipinski definition) is 3. The highest BCUT2D eigenvalue weighted by atomic mass is 16.3. The topological polar surface area (TPSA) is 44.3 Å². The van der Waals surface area contributed by atoms with Gasteiger partial charge in [-0.1, -0.05) is 13.3 Å². The molecule has 3 unspecified atom stereocenters. The summed E-state index contributed by atoms with van der Waals surface area (Å²) in [6.45, 7) is 7.08. The van der Waals surface area contributed by atoms with Gasteiger partial charge in [-0.25, -0.2) is 0 Å². The van der Waals surface area contributed by atoms with Crippen molar-refractivity contribution in [3.63, 3.8) is 0 Å². The molecule has 0 radical (unpaired) electrons. The highest BCUT2D eigenvalue weighted by molar-refractivity contribution is 4.79. The molecule has 3 heteroatoms. The predicted octanol–water partition coefficient (Wildman–Crippen LogP) is 1.91. The van der Waals surface area contributed by atoms with Gasteiger partial charge in [0.25, 0.3) is 0 Å². The first-order valence-electron chi connectivity index (χ1n) is 7.33. The molecule has 0 aliphatic carbocycles. The van der Waals surface area contributed by atoms with Gasteiger partial charge < -0.3 is 15.7 Å². The number of nitrogens with one attached hydrogen (secondary N) is 2. The smallest absolute Gasteiger partial charge is 0.0434 e. The zero-order valence-electron chi connectivity index (χ0n) is 11.5. The first kappa shape index (κ1) is 14.9. The van der Waals surface area contributed by atoms with E-state index < -0.39 is 0 Å². The monoisotopic (exact) mass is 242 g/mol. The lowest BCUT2D eigenvalue weighted by Gasteiger charge is -2.22. The maximum atomic E-state index is 9.02. The normalized spacial score (nSPS) is 23.8. The molecule has 1 saturated heterocycles. The highest BCUT2D eigenvalue weighted by Crippen LogP contribution is 2.13. The Bertz CT molecular complexity index is 175. The Kier molecular flexibility index (Phi) is 7.82. The second kappa shape index (κ2) is 8.90. The zero-order valence-corrected chi connectivity index (χ0v) is 11.5. The van der Waals surface area contributed by atoms with E-state index in [1.54, 1.807) is 0 Å². The van der Waals surface area contributed by atoms with Gasteiger partial charge in [0.2, 0.25) is 0 Å². The van der Waals surface area contributed by atoms with E-state index in [0.717, 1.165) is 19.0 Å². The van der Waals surface area contributed by atoms with Crippen LogP contribution in [0.15, 0.2) is 0 Å². The van der Waals surface area contributed by atoms with Crippen molar-refractivity contribution in [1.29, 1.82) is 0 Å². The summed E-state index contributed by atoms with van der Waals surface area (Å²) >= 11 is 0. The lowest BCUT2D eigenvalue weighted by atomic mass is 9.99. The molecule has 0 aromatic heterocycles. The molecular weight excluding hydrogens is 212 g/mol. The Labute approximate surface area is 106 Å². The first-order valence-corrected chi connectivity index (χ1v) is 7.33. The minimum Gasteiger partial charge on any atom is -0.396 e. The molecule has 17 heavy (non-hydrogen) atoms. The first-order chi connectivity index (χ1) is 8.26. The molecule has 0 saturated carbocycles. The van der Waals surface area contributed by atoms with Gasteiger partial charge in [-0.2, -0.15) is 0 Å². The minimum absolute atomic E-state index is 0.324. The molecule has 0 aromatic carbocycles. The Balaban J connectivity index is 2.13. The van der Waals surface area contributed by atoms with E-state index in [1.807, 2.05) is 0 Å². The summed E-state index contributed by atoms with van der Waals surface area (Å²) in [5, 5.41) is 16.2. The number of hydrogen-bond acceptors (Lipinski definition) is 3. The molecule has 0 aromatic rings. The largest absolute Gasteiger partial charge is 0.396 e. The van der Waals surface area contributed by atoms with Crippen LogP contribution in [0.5, 0.6) is 0 Å². The van der Waals surface area contributed by atoms with Crippen LogP contribution in [0.2, 0.25) is 0 Å². The van der Waals surface area contributed by atoms with Crippen LogP contribution < -0.4 is 10.6 Å². The van der Waals surface area contributed by atoms with Gasteiger partial charge >= 0.3 is 0 Å². The third kappa shape index (κ3) is 6.39. The molecule has 1 aliphatic rings. The van der Waals surface area contributed by atoms with Crippen molar-refractivity contribution in [3.8, 4) is 0 Å².